The third-order valence-electron chi connectivity index (χ3n) is 3.25. The quantitative estimate of drug-likeness (QED) is 0.630. The Morgan fingerprint density at radius 2 is 2.05 bits per heavy atom. The number of furan rings is 1. The molecular weight excluding hydrogens is 254 g/mol. The highest BCUT2D eigenvalue weighted by atomic mass is 16.5. The normalized spacial score (nSPS) is 21.1. The zero-order valence-corrected chi connectivity index (χ0v) is 10.7. The standard InChI is InChI=1S/C16H13NO3/c1-2-10-17-14(13-9-6-11-19-13)15(16(17)18)20-12-7-4-3-5-8-12/h1,3-9,11,14-15H,10H2/t14-,15-/m1/s1. The predicted octanol–water partition coefficient (Wildman–Crippen LogP) is 2.24. The molecule has 1 saturated heterocycles. The van der Waals surface area contributed by atoms with E-state index in [1.165, 1.54) is 0 Å². The van der Waals surface area contributed by atoms with Crippen molar-refractivity contribution in [1.82, 2.24) is 4.90 Å². The fraction of sp³-hybridized carbons (Fsp3) is 0.188. The number of likely N-dealkylation sites (tertiary alicyclic amines) is 1. The molecule has 0 unspecified atom stereocenters. The number of nitrogens with zero attached hydrogens (tertiary/aromatic N) is 1. The van der Waals surface area contributed by atoms with Gasteiger partial charge in [-0.1, -0.05) is 24.1 Å². The highest BCUT2D eigenvalue weighted by Crippen LogP contribution is 2.37. The van der Waals surface area contributed by atoms with Gasteiger partial charge >= 0.3 is 0 Å². The first-order chi connectivity index (χ1) is 9.81. The van der Waals surface area contributed by atoms with Crippen molar-refractivity contribution in [2.45, 2.75) is 12.1 Å². The number of hydrogen-bond donors (Lipinski definition) is 0. The minimum Gasteiger partial charge on any atom is -0.478 e. The molecule has 1 aliphatic heterocycles. The van der Waals surface area contributed by atoms with Crippen LogP contribution in [-0.2, 0) is 4.79 Å². The molecule has 0 saturated carbocycles. The highest BCUT2D eigenvalue weighted by Gasteiger charge is 2.51. The molecule has 4 nitrogen and oxygen atoms in total. The molecule has 0 aliphatic carbocycles. The van der Waals surface area contributed by atoms with Crippen LogP contribution in [0, 0.1) is 12.3 Å². The summed E-state index contributed by atoms with van der Waals surface area (Å²) in [6, 6.07) is 12.6. The van der Waals surface area contributed by atoms with Crippen molar-refractivity contribution in [1.29, 1.82) is 0 Å². The third kappa shape index (κ3) is 2.04. The molecule has 1 aliphatic rings. The van der Waals surface area contributed by atoms with Crippen LogP contribution in [0.4, 0.5) is 0 Å². The van der Waals surface area contributed by atoms with Crippen LogP contribution in [0.25, 0.3) is 0 Å². The van der Waals surface area contributed by atoms with Gasteiger partial charge in [-0.2, -0.15) is 0 Å². The number of amides is 1. The zero-order valence-electron chi connectivity index (χ0n) is 10.7. The largest absolute Gasteiger partial charge is 0.478 e. The van der Waals surface area contributed by atoms with Gasteiger partial charge in [-0.25, -0.2) is 0 Å². The molecule has 2 heterocycles. The van der Waals surface area contributed by atoms with Gasteiger partial charge in [0, 0.05) is 0 Å². The number of terminal acetylenes is 1. The fourth-order valence-corrected chi connectivity index (χ4v) is 2.31. The van der Waals surface area contributed by atoms with Crippen molar-refractivity contribution in [2.24, 2.45) is 0 Å². The molecule has 3 rings (SSSR count). The van der Waals surface area contributed by atoms with Crippen molar-refractivity contribution < 1.29 is 13.9 Å². The average molecular weight is 267 g/mol. The van der Waals surface area contributed by atoms with Crippen LogP contribution in [-0.4, -0.2) is 23.5 Å². The Morgan fingerprint density at radius 1 is 1.25 bits per heavy atom. The average Bonchev–Trinajstić information content (AvgIpc) is 3.00. The van der Waals surface area contributed by atoms with Crippen LogP contribution in [0.5, 0.6) is 5.75 Å². The number of carbonyl (C=O) groups excluding carboxylic acids is 1. The fourth-order valence-electron chi connectivity index (χ4n) is 2.31. The van der Waals surface area contributed by atoms with Crippen LogP contribution in [0.2, 0.25) is 0 Å². The van der Waals surface area contributed by atoms with Gasteiger partial charge in [0.15, 0.2) is 0 Å². The molecule has 0 radical (unpaired) electrons. The Kier molecular flexibility index (Phi) is 3.18. The van der Waals surface area contributed by atoms with Crippen LogP contribution in [0.15, 0.2) is 53.1 Å². The van der Waals surface area contributed by atoms with Crippen molar-refractivity contribution in [2.75, 3.05) is 6.54 Å². The van der Waals surface area contributed by atoms with Crippen molar-refractivity contribution in [3.63, 3.8) is 0 Å². The Morgan fingerprint density at radius 3 is 2.70 bits per heavy atom. The number of rotatable bonds is 4. The van der Waals surface area contributed by atoms with E-state index >= 15 is 0 Å². The summed E-state index contributed by atoms with van der Waals surface area (Å²) in [5.74, 6) is 3.70. The summed E-state index contributed by atoms with van der Waals surface area (Å²) < 4.78 is 11.1. The molecule has 1 fully saturated rings. The second-order valence-electron chi connectivity index (χ2n) is 4.48. The topological polar surface area (TPSA) is 42.7 Å². The van der Waals surface area contributed by atoms with E-state index in [0.717, 1.165) is 0 Å². The Labute approximate surface area is 117 Å². The Balaban J connectivity index is 1.83. The maximum absolute atomic E-state index is 12.1. The summed E-state index contributed by atoms with van der Waals surface area (Å²) >= 11 is 0. The van der Waals surface area contributed by atoms with Crippen molar-refractivity contribution >= 4 is 5.91 Å². The van der Waals surface area contributed by atoms with E-state index in [0.29, 0.717) is 11.5 Å². The van der Waals surface area contributed by atoms with E-state index in [1.807, 2.05) is 36.4 Å². The molecule has 1 aromatic carbocycles. The third-order valence-corrected chi connectivity index (χ3v) is 3.25. The van der Waals surface area contributed by atoms with Gasteiger partial charge in [0.25, 0.3) is 5.91 Å². The van der Waals surface area contributed by atoms with E-state index in [4.69, 9.17) is 15.6 Å². The number of ether oxygens (including phenoxy) is 1. The smallest absolute Gasteiger partial charge is 0.267 e. The van der Waals surface area contributed by atoms with E-state index in [-0.39, 0.29) is 18.5 Å². The lowest BCUT2D eigenvalue weighted by Gasteiger charge is -2.44. The molecule has 0 spiro atoms. The van der Waals surface area contributed by atoms with E-state index in [9.17, 15) is 4.79 Å². The summed E-state index contributed by atoms with van der Waals surface area (Å²) in [7, 11) is 0. The second-order valence-corrected chi connectivity index (χ2v) is 4.48. The molecule has 0 N–H and O–H groups in total. The lowest BCUT2D eigenvalue weighted by atomic mass is 9.95. The lowest BCUT2D eigenvalue weighted by Crippen LogP contribution is -2.61. The van der Waals surface area contributed by atoms with Gasteiger partial charge in [-0.15, -0.1) is 6.42 Å². The van der Waals surface area contributed by atoms with E-state index in [2.05, 4.69) is 5.92 Å². The SMILES string of the molecule is C#CCN1C(=O)[C@H](Oc2ccccc2)[C@H]1c1ccco1. The first-order valence-electron chi connectivity index (χ1n) is 6.30. The van der Waals surface area contributed by atoms with Gasteiger partial charge in [0.2, 0.25) is 6.10 Å². The summed E-state index contributed by atoms with van der Waals surface area (Å²) in [5.41, 5.74) is 0. The molecule has 2 aromatic rings. The maximum Gasteiger partial charge on any atom is 0.267 e. The highest BCUT2D eigenvalue weighted by molar-refractivity contribution is 5.89. The van der Waals surface area contributed by atoms with Crippen molar-refractivity contribution in [3.05, 3.63) is 54.5 Å². The van der Waals surface area contributed by atoms with Gasteiger partial charge in [0.1, 0.15) is 17.6 Å². The molecule has 4 heteroatoms. The minimum absolute atomic E-state index is 0.117. The number of benzene rings is 1. The molecule has 100 valence electrons. The Bertz CT molecular complexity index is 627. The summed E-state index contributed by atoms with van der Waals surface area (Å²) in [5, 5.41) is 0. The zero-order chi connectivity index (χ0) is 13.9. The molecule has 20 heavy (non-hydrogen) atoms. The molecule has 1 aromatic heterocycles. The molecular formula is C16H13NO3. The molecule has 1 amide bonds. The van der Waals surface area contributed by atoms with Gasteiger partial charge in [-0.3, -0.25) is 4.79 Å². The number of β-lactam (4-membered cyclic amide) rings is 1. The second kappa shape index (κ2) is 5.14. The van der Waals surface area contributed by atoms with Crippen LogP contribution in [0.3, 0.4) is 0 Å². The van der Waals surface area contributed by atoms with E-state index in [1.54, 1.807) is 17.2 Å². The predicted molar refractivity (Wildman–Crippen MR) is 72.9 cm³/mol. The summed E-state index contributed by atoms with van der Waals surface area (Å²) in [6.45, 7) is 0.249. The first-order valence-corrected chi connectivity index (χ1v) is 6.30. The molecule has 2 atom stereocenters. The van der Waals surface area contributed by atoms with Gasteiger partial charge in [0.05, 0.1) is 12.8 Å². The monoisotopic (exact) mass is 267 g/mol. The van der Waals surface area contributed by atoms with Gasteiger partial charge in [-0.05, 0) is 24.3 Å². The summed E-state index contributed by atoms with van der Waals surface area (Å²) in [6.07, 6.45) is 6.29. The van der Waals surface area contributed by atoms with Crippen LogP contribution >= 0.6 is 0 Å². The van der Waals surface area contributed by atoms with Crippen molar-refractivity contribution in [3.8, 4) is 18.1 Å². The number of para-hydroxylation sites is 1. The minimum atomic E-state index is -0.586. The van der Waals surface area contributed by atoms with Crippen LogP contribution in [0.1, 0.15) is 11.8 Å². The molecule has 0 bridgehead atoms. The lowest BCUT2D eigenvalue weighted by molar-refractivity contribution is -0.164. The maximum atomic E-state index is 12.1. The van der Waals surface area contributed by atoms with Crippen LogP contribution < -0.4 is 4.74 Å². The van der Waals surface area contributed by atoms with E-state index < -0.39 is 6.10 Å². The summed E-state index contributed by atoms with van der Waals surface area (Å²) in [4.78, 5) is 13.7. The first kappa shape index (κ1) is 12.4. The number of carbonyl (C=O) groups is 1. The van der Waals surface area contributed by atoms with Gasteiger partial charge < -0.3 is 14.1 Å². The Hall–Kier alpha value is -2.67. The number of hydrogen-bond acceptors (Lipinski definition) is 3.